The Bertz CT molecular complexity index is 1570. The lowest BCUT2D eigenvalue weighted by Gasteiger charge is -2.56. The number of hydrogen-bond donors (Lipinski definition) is 3. The van der Waals surface area contributed by atoms with E-state index in [1.54, 1.807) is 18.2 Å². The molecule has 0 amide bonds. The van der Waals surface area contributed by atoms with E-state index in [0.29, 0.717) is 18.5 Å². The van der Waals surface area contributed by atoms with Crippen molar-refractivity contribution < 1.29 is 33.7 Å². The van der Waals surface area contributed by atoms with Crippen molar-refractivity contribution in [2.45, 2.75) is 76.5 Å². The van der Waals surface area contributed by atoms with Gasteiger partial charge in [-0.2, -0.15) is 0 Å². The highest BCUT2D eigenvalue weighted by atomic mass is 19.1. The Morgan fingerprint density at radius 3 is 2.61 bits per heavy atom. The lowest BCUT2D eigenvalue weighted by Crippen LogP contribution is -2.62. The number of halogens is 1. The van der Waals surface area contributed by atoms with Crippen LogP contribution in [0.5, 0.6) is 0 Å². The summed E-state index contributed by atoms with van der Waals surface area (Å²) in [4.78, 5) is 26.0. The number of aliphatic hydroxyl groups excluding tert-OH is 2. The van der Waals surface area contributed by atoms with Gasteiger partial charge in [0, 0.05) is 28.0 Å². The number of Topliss-reactive ketones (excluding diaryl/α,β-unsaturated/α-hetero) is 1. The zero-order chi connectivity index (χ0) is 31.0. The second-order valence-electron chi connectivity index (χ2n) is 14.0. The van der Waals surface area contributed by atoms with Crippen molar-refractivity contribution in [1.29, 1.82) is 0 Å². The minimum absolute atomic E-state index is 0.0210. The van der Waals surface area contributed by atoms with E-state index in [1.807, 2.05) is 43.3 Å². The van der Waals surface area contributed by atoms with Crippen molar-refractivity contribution in [2.24, 2.45) is 28.6 Å². The lowest BCUT2D eigenvalue weighted by molar-refractivity contribution is -0.198. The normalized spacial score (nSPS) is 39.1. The minimum Gasteiger partial charge on any atom is -0.399 e. The molecule has 1 unspecified atom stereocenters. The lowest BCUT2D eigenvalue weighted by atomic mass is 9.49. The average molecular weight is 602 g/mol. The molecule has 0 aromatic heterocycles. The summed E-state index contributed by atoms with van der Waals surface area (Å²) in [6, 6.07) is 12.4. The molecule has 0 radical (unpaired) electrons. The Balaban J connectivity index is 1.20. The van der Waals surface area contributed by atoms with Crippen LogP contribution < -0.4 is 5.73 Å². The topological polar surface area (TPSA) is 119 Å². The maximum absolute atomic E-state index is 15.6. The number of carbonyl (C=O) groups excluding carboxylic acids is 2. The molecule has 2 aromatic carbocycles. The standard InChI is InChI=1S/C36H40FNO6/c1-34-13-12-24(40)16-22(34)4-3-5-25-27-17-31-36(30(42)19-39,35(27,2)18-29(41)32(25)34)44-33(43-31)26-11-8-21(15-28(26)37)14-20-6-9-23(38)10-7-20/h6-13,15-16,25,27,29,31-33,39,41H,3-5,14,17-19,38H2,1-2H3/t25-,27+,29+,31-,32-,33?,34+,35+,36-/m1/s1. The van der Waals surface area contributed by atoms with Crippen LogP contribution >= 0.6 is 0 Å². The third kappa shape index (κ3) is 4.21. The van der Waals surface area contributed by atoms with Gasteiger partial charge in [0.15, 0.2) is 23.5 Å². The van der Waals surface area contributed by atoms with E-state index in [-0.39, 0.29) is 35.5 Å². The molecule has 1 saturated heterocycles. The Morgan fingerprint density at radius 2 is 1.89 bits per heavy atom. The highest BCUT2D eigenvalue weighted by Gasteiger charge is 2.75. The molecule has 1 aliphatic heterocycles. The summed E-state index contributed by atoms with van der Waals surface area (Å²) in [5.41, 5.74) is 6.65. The Morgan fingerprint density at radius 1 is 1.14 bits per heavy atom. The number of nitrogens with two attached hydrogens (primary N) is 1. The molecule has 7 nitrogen and oxygen atoms in total. The fourth-order valence-corrected chi connectivity index (χ4v) is 9.77. The van der Waals surface area contributed by atoms with Crippen LogP contribution in [0.1, 0.15) is 68.9 Å². The van der Waals surface area contributed by atoms with Gasteiger partial charge in [-0.15, -0.1) is 0 Å². The molecule has 4 N–H and O–H groups in total. The van der Waals surface area contributed by atoms with Crippen molar-refractivity contribution in [2.75, 3.05) is 12.3 Å². The molecule has 1 heterocycles. The van der Waals surface area contributed by atoms with Crippen LogP contribution in [0.25, 0.3) is 0 Å². The van der Waals surface area contributed by atoms with E-state index in [2.05, 4.69) is 6.92 Å². The number of anilines is 1. The number of benzene rings is 2. The van der Waals surface area contributed by atoms with Crippen molar-refractivity contribution in [3.05, 3.63) is 88.8 Å². The predicted octanol–water partition coefficient (Wildman–Crippen LogP) is 4.99. The summed E-state index contributed by atoms with van der Waals surface area (Å²) in [5, 5.41) is 22.1. The van der Waals surface area contributed by atoms with Crippen LogP contribution in [-0.2, 0) is 25.5 Å². The maximum atomic E-state index is 15.6. The second-order valence-corrected chi connectivity index (χ2v) is 14.0. The first-order chi connectivity index (χ1) is 21.0. The first kappa shape index (κ1) is 29.5. The number of allylic oxidation sites excluding steroid dienone is 4. The molecule has 3 saturated carbocycles. The highest BCUT2D eigenvalue weighted by Crippen LogP contribution is 2.70. The molecule has 44 heavy (non-hydrogen) atoms. The van der Waals surface area contributed by atoms with Gasteiger partial charge in [-0.1, -0.05) is 49.8 Å². The summed E-state index contributed by atoms with van der Waals surface area (Å²) in [7, 11) is 0. The van der Waals surface area contributed by atoms with Crippen LogP contribution in [-0.4, -0.2) is 46.2 Å². The Kier molecular flexibility index (Phi) is 7.01. The van der Waals surface area contributed by atoms with Crippen LogP contribution in [0.15, 0.2) is 66.3 Å². The van der Waals surface area contributed by atoms with Gasteiger partial charge in [-0.3, -0.25) is 9.59 Å². The average Bonchev–Trinajstić information content (AvgIpc) is 3.42. The molecule has 8 heteroatoms. The molecule has 4 aliphatic carbocycles. The zero-order valence-electron chi connectivity index (χ0n) is 25.2. The third-order valence-electron chi connectivity index (χ3n) is 11.7. The van der Waals surface area contributed by atoms with Gasteiger partial charge >= 0.3 is 0 Å². The van der Waals surface area contributed by atoms with Gasteiger partial charge < -0.3 is 25.4 Å². The molecule has 0 spiro atoms. The van der Waals surface area contributed by atoms with Gasteiger partial charge in [0.25, 0.3) is 0 Å². The van der Waals surface area contributed by atoms with Gasteiger partial charge in [0.1, 0.15) is 12.4 Å². The van der Waals surface area contributed by atoms with Gasteiger partial charge in [-0.05, 0) is 91.8 Å². The number of ketones is 2. The summed E-state index contributed by atoms with van der Waals surface area (Å²) in [6.45, 7) is 3.36. The third-order valence-corrected chi connectivity index (χ3v) is 11.7. The first-order valence-electron chi connectivity index (χ1n) is 15.7. The molecule has 2 aromatic rings. The fourth-order valence-electron chi connectivity index (χ4n) is 9.77. The van der Waals surface area contributed by atoms with Gasteiger partial charge in [-0.25, -0.2) is 4.39 Å². The van der Waals surface area contributed by atoms with Crippen LogP contribution in [0.4, 0.5) is 10.1 Å². The fraction of sp³-hybridized carbons (Fsp3) is 0.500. The molecule has 9 atom stereocenters. The quantitative estimate of drug-likeness (QED) is 0.413. The van der Waals surface area contributed by atoms with Crippen LogP contribution in [0.2, 0.25) is 0 Å². The Labute approximate surface area is 256 Å². The number of aliphatic hydroxyl groups is 2. The molecule has 7 rings (SSSR count). The number of nitrogen functional groups attached to an aromatic ring is 1. The van der Waals surface area contributed by atoms with Gasteiger partial charge in [0.05, 0.1) is 12.2 Å². The predicted molar refractivity (Wildman–Crippen MR) is 162 cm³/mol. The van der Waals surface area contributed by atoms with Crippen molar-refractivity contribution in [3.63, 3.8) is 0 Å². The minimum atomic E-state index is -1.53. The van der Waals surface area contributed by atoms with E-state index in [9.17, 15) is 19.8 Å². The van der Waals surface area contributed by atoms with E-state index in [0.717, 1.165) is 36.0 Å². The maximum Gasteiger partial charge on any atom is 0.193 e. The summed E-state index contributed by atoms with van der Waals surface area (Å²) >= 11 is 0. The van der Waals surface area contributed by atoms with Crippen molar-refractivity contribution in [1.82, 2.24) is 0 Å². The van der Waals surface area contributed by atoms with Crippen LogP contribution in [0, 0.1) is 34.4 Å². The van der Waals surface area contributed by atoms with E-state index < -0.39 is 53.1 Å². The Hall–Kier alpha value is -3.17. The van der Waals surface area contributed by atoms with Crippen molar-refractivity contribution in [3.8, 4) is 0 Å². The second kappa shape index (κ2) is 10.4. The SMILES string of the molecule is C[C@]12C=CC(=O)C=C1CCC[C@H]1[C@@H]2[C@@H](O)C[C@@]2(C)[C@H]1C[C@H]1OC(c3ccc(Cc4ccc(N)cc4)cc3F)O[C@]12C(=O)CO. The summed E-state index contributed by atoms with van der Waals surface area (Å²) < 4.78 is 28.7. The largest absolute Gasteiger partial charge is 0.399 e. The first-order valence-corrected chi connectivity index (χ1v) is 15.7. The number of carbonyl (C=O) groups is 2. The molecule has 4 fully saturated rings. The molecule has 0 bridgehead atoms. The van der Waals surface area contributed by atoms with Gasteiger partial charge in [0.2, 0.25) is 0 Å². The smallest absolute Gasteiger partial charge is 0.193 e. The molecular formula is C36H40FNO6. The number of hydrogen-bond acceptors (Lipinski definition) is 7. The molecule has 5 aliphatic rings. The summed E-state index contributed by atoms with van der Waals surface area (Å²) in [6.07, 6.45) is 6.49. The van der Waals surface area contributed by atoms with E-state index in [1.165, 1.54) is 6.07 Å². The zero-order valence-corrected chi connectivity index (χ0v) is 25.2. The highest BCUT2D eigenvalue weighted by molar-refractivity contribution is 6.01. The van der Waals surface area contributed by atoms with Crippen LogP contribution in [0.3, 0.4) is 0 Å². The number of fused-ring (bicyclic) bond motifs is 7. The number of ether oxygens (including phenoxy) is 2. The van der Waals surface area contributed by atoms with Crippen molar-refractivity contribution >= 4 is 17.3 Å². The summed E-state index contributed by atoms with van der Waals surface area (Å²) in [5.74, 6) is -1.14. The monoisotopic (exact) mass is 601 g/mol. The van der Waals surface area contributed by atoms with E-state index >= 15 is 4.39 Å². The molecule has 232 valence electrons. The van der Waals surface area contributed by atoms with E-state index in [4.69, 9.17) is 15.2 Å². The number of rotatable bonds is 5. The molecular weight excluding hydrogens is 561 g/mol.